The monoisotopic (exact) mass is 318 g/mol. The highest BCUT2D eigenvalue weighted by molar-refractivity contribution is 5.98. The van der Waals surface area contributed by atoms with Crippen LogP contribution >= 0.6 is 0 Å². The predicted molar refractivity (Wildman–Crippen MR) is 86.2 cm³/mol. The number of hydrogen-bond acceptors (Lipinski definition) is 5. The van der Waals surface area contributed by atoms with E-state index in [-0.39, 0.29) is 12.6 Å². The molecule has 1 aliphatic heterocycles. The summed E-state index contributed by atoms with van der Waals surface area (Å²) in [5.41, 5.74) is 4.18. The minimum absolute atomic E-state index is 0.251. The molecule has 0 amide bonds. The Bertz CT molecular complexity index is 658. The average Bonchev–Trinajstić information content (AvgIpc) is 2.93. The lowest BCUT2D eigenvalue weighted by atomic mass is 9.94. The van der Waals surface area contributed by atoms with Crippen molar-refractivity contribution in [2.75, 3.05) is 14.2 Å². The van der Waals surface area contributed by atoms with Crippen LogP contribution in [0.2, 0.25) is 0 Å². The third-order valence-corrected chi connectivity index (χ3v) is 4.14. The molecule has 2 rings (SSSR count). The molecule has 0 atom stereocenters. The normalized spacial score (nSPS) is 13.6. The zero-order valence-corrected chi connectivity index (χ0v) is 14.0. The lowest BCUT2D eigenvalue weighted by molar-refractivity contribution is -0.107. The van der Waals surface area contributed by atoms with E-state index in [1.165, 1.54) is 0 Å². The second kappa shape index (κ2) is 7.31. The maximum absolute atomic E-state index is 12.0. The summed E-state index contributed by atoms with van der Waals surface area (Å²) in [5.74, 6) is 0.883. The van der Waals surface area contributed by atoms with Crippen molar-refractivity contribution in [1.82, 2.24) is 0 Å². The Morgan fingerprint density at radius 3 is 2.57 bits per heavy atom. The molecular weight excluding hydrogens is 296 g/mol. The maximum Gasteiger partial charge on any atom is 0.342 e. The van der Waals surface area contributed by atoms with Gasteiger partial charge < -0.3 is 19.0 Å². The summed E-state index contributed by atoms with van der Waals surface area (Å²) in [6.45, 7) is 4.16. The molecular formula is C18H22O5. The second-order valence-corrected chi connectivity index (χ2v) is 5.56. The molecule has 0 fully saturated rings. The number of aldehydes is 1. The van der Waals surface area contributed by atoms with E-state index < -0.39 is 0 Å². The van der Waals surface area contributed by atoms with Gasteiger partial charge in [-0.15, -0.1) is 0 Å². The van der Waals surface area contributed by atoms with Gasteiger partial charge in [-0.3, -0.25) is 0 Å². The Labute approximate surface area is 136 Å². The first kappa shape index (κ1) is 17.1. The molecule has 1 aromatic carbocycles. The molecule has 0 unspecified atom stereocenters. The van der Waals surface area contributed by atoms with Crippen molar-refractivity contribution in [2.45, 2.75) is 39.7 Å². The summed E-state index contributed by atoms with van der Waals surface area (Å²) in [6, 6.07) is 0. The van der Waals surface area contributed by atoms with Crippen molar-refractivity contribution in [3.8, 4) is 11.5 Å². The summed E-state index contributed by atoms with van der Waals surface area (Å²) in [6.07, 6.45) is 4.74. The Morgan fingerprint density at radius 1 is 1.26 bits per heavy atom. The van der Waals surface area contributed by atoms with Crippen molar-refractivity contribution < 1.29 is 23.8 Å². The number of rotatable bonds is 7. The van der Waals surface area contributed by atoms with Crippen molar-refractivity contribution in [3.63, 3.8) is 0 Å². The minimum Gasteiger partial charge on any atom is -0.496 e. The Hall–Kier alpha value is -2.30. The third kappa shape index (κ3) is 3.23. The molecule has 0 aromatic heterocycles. The summed E-state index contributed by atoms with van der Waals surface area (Å²) >= 11 is 0. The topological polar surface area (TPSA) is 61.8 Å². The first-order valence-electron chi connectivity index (χ1n) is 7.57. The van der Waals surface area contributed by atoms with Crippen molar-refractivity contribution in [3.05, 3.63) is 33.9 Å². The van der Waals surface area contributed by atoms with Gasteiger partial charge >= 0.3 is 5.97 Å². The van der Waals surface area contributed by atoms with Crippen molar-refractivity contribution in [1.29, 1.82) is 0 Å². The second-order valence-electron chi connectivity index (χ2n) is 5.56. The first-order valence-corrected chi connectivity index (χ1v) is 7.57. The maximum atomic E-state index is 12.0. The molecule has 0 N–H and O–H groups in total. The van der Waals surface area contributed by atoms with E-state index in [9.17, 15) is 9.59 Å². The van der Waals surface area contributed by atoms with Gasteiger partial charge in [0, 0.05) is 17.5 Å². The Morgan fingerprint density at radius 2 is 1.96 bits per heavy atom. The van der Waals surface area contributed by atoms with E-state index in [4.69, 9.17) is 14.2 Å². The number of carbonyl (C=O) groups excluding carboxylic acids is 2. The van der Waals surface area contributed by atoms with Crippen LogP contribution in [0.15, 0.2) is 11.6 Å². The van der Waals surface area contributed by atoms with Gasteiger partial charge in [0.1, 0.15) is 30.0 Å². The van der Waals surface area contributed by atoms with Crippen LogP contribution in [-0.2, 0) is 22.6 Å². The van der Waals surface area contributed by atoms with Crippen LogP contribution in [0.25, 0.3) is 0 Å². The zero-order valence-electron chi connectivity index (χ0n) is 14.0. The zero-order chi connectivity index (χ0) is 17.0. The molecule has 0 saturated carbocycles. The highest BCUT2D eigenvalue weighted by Crippen LogP contribution is 2.42. The molecule has 5 nitrogen and oxygen atoms in total. The molecule has 0 bridgehead atoms. The molecule has 0 aliphatic carbocycles. The van der Waals surface area contributed by atoms with Gasteiger partial charge in [-0.05, 0) is 32.3 Å². The average molecular weight is 318 g/mol. The number of cyclic esters (lactones) is 1. The number of carbonyl (C=O) groups is 2. The summed E-state index contributed by atoms with van der Waals surface area (Å²) in [4.78, 5) is 22.5. The minimum atomic E-state index is -0.356. The number of allylic oxidation sites excluding steroid dienone is 2. The molecule has 124 valence electrons. The summed E-state index contributed by atoms with van der Waals surface area (Å²) in [7, 11) is 3.15. The van der Waals surface area contributed by atoms with Gasteiger partial charge in [-0.25, -0.2) is 4.79 Å². The predicted octanol–water partition coefficient (Wildman–Crippen LogP) is 3.15. The molecule has 1 heterocycles. The quantitative estimate of drug-likeness (QED) is 0.439. The van der Waals surface area contributed by atoms with Crippen LogP contribution < -0.4 is 9.47 Å². The van der Waals surface area contributed by atoms with Crippen LogP contribution in [0, 0.1) is 6.92 Å². The van der Waals surface area contributed by atoms with E-state index in [0.717, 1.165) is 40.7 Å². The van der Waals surface area contributed by atoms with E-state index in [1.807, 2.05) is 19.9 Å². The lowest BCUT2D eigenvalue weighted by Gasteiger charge is -2.18. The fourth-order valence-electron chi connectivity index (χ4n) is 2.90. The van der Waals surface area contributed by atoms with Crippen LogP contribution in [0.4, 0.5) is 0 Å². The van der Waals surface area contributed by atoms with Gasteiger partial charge in [-0.1, -0.05) is 11.6 Å². The number of methoxy groups -OCH3 is 2. The molecule has 1 aromatic rings. The van der Waals surface area contributed by atoms with Gasteiger partial charge in [0.15, 0.2) is 0 Å². The highest BCUT2D eigenvalue weighted by Gasteiger charge is 2.32. The number of benzene rings is 1. The molecule has 5 heteroatoms. The summed E-state index contributed by atoms with van der Waals surface area (Å²) < 4.78 is 16.2. The molecule has 1 aliphatic rings. The van der Waals surface area contributed by atoms with E-state index in [1.54, 1.807) is 14.2 Å². The SMILES string of the molecule is COc1c(C)c2c(c(OC)c1C/C=C(\C)CCC=O)C(=O)OC2. The van der Waals surface area contributed by atoms with E-state index in [0.29, 0.717) is 24.2 Å². The number of esters is 1. The number of hydrogen-bond donors (Lipinski definition) is 0. The Kier molecular flexibility index (Phi) is 5.42. The lowest BCUT2D eigenvalue weighted by Crippen LogP contribution is -2.06. The van der Waals surface area contributed by atoms with Gasteiger partial charge in [0.25, 0.3) is 0 Å². The third-order valence-electron chi connectivity index (χ3n) is 4.14. The fraction of sp³-hybridized carbons (Fsp3) is 0.444. The van der Waals surface area contributed by atoms with Crippen molar-refractivity contribution >= 4 is 12.3 Å². The van der Waals surface area contributed by atoms with Crippen LogP contribution in [-0.4, -0.2) is 26.5 Å². The van der Waals surface area contributed by atoms with E-state index in [2.05, 4.69) is 0 Å². The van der Waals surface area contributed by atoms with Gasteiger partial charge in [0.05, 0.1) is 14.2 Å². The van der Waals surface area contributed by atoms with Crippen LogP contribution in [0.5, 0.6) is 11.5 Å². The molecule has 0 saturated heterocycles. The van der Waals surface area contributed by atoms with Crippen LogP contribution in [0.1, 0.15) is 46.8 Å². The largest absolute Gasteiger partial charge is 0.496 e. The Balaban J connectivity index is 2.49. The first-order chi connectivity index (χ1) is 11.0. The highest BCUT2D eigenvalue weighted by atomic mass is 16.5. The summed E-state index contributed by atoms with van der Waals surface area (Å²) in [5, 5.41) is 0. The van der Waals surface area contributed by atoms with Gasteiger partial charge in [-0.2, -0.15) is 0 Å². The van der Waals surface area contributed by atoms with Crippen LogP contribution in [0.3, 0.4) is 0 Å². The fourth-order valence-corrected chi connectivity index (χ4v) is 2.90. The molecule has 0 spiro atoms. The number of ether oxygens (including phenoxy) is 3. The van der Waals surface area contributed by atoms with Crippen molar-refractivity contribution in [2.24, 2.45) is 0 Å². The van der Waals surface area contributed by atoms with Gasteiger partial charge in [0.2, 0.25) is 0 Å². The number of fused-ring (bicyclic) bond motifs is 1. The standard InChI is InChI=1S/C18H22O5/c1-11(6-5-9-19)7-8-13-16(21-3)12(2)14-10-23-18(20)15(14)17(13)22-4/h7,9H,5-6,8,10H2,1-4H3/b11-7+. The van der Waals surface area contributed by atoms with E-state index >= 15 is 0 Å². The smallest absolute Gasteiger partial charge is 0.342 e. The molecule has 23 heavy (non-hydrogen) atoms. The molecule has 0 radical (unpaired) electrons.